The molecule has 0 aliphatic carbocycles. The molecule has 7 heteroatoms. The summed E-state index contributed by atoms with van der Waals surface area (Å²) in [5, 5.41) is 4.80. The van der Waals surface area contributed by atoms with Gasteiger partial charge in [0.2, 0.25) is 6.23 Å². The Hall–Kier alpha value is -2.57. The maximum Gasteiger partial charge on any atom is 0.304 e. The number of hydrogen-bond acceptors (Lipinski definition) is 5. The van der Waals surface area contributed by atoms with Crippen LogP contribution in [0.15, 0.2) is 30.3 Å². The summed E-state index contributed by atoms with van der Waals surface area (Å²) in [6, 6.07) is 7.95. The Morgan fingerprint density at radius 1 is 1.30 bits per heavy atom. The van der Waals surface area contributed by atoms with Crippen LogP contribution in [0.5, 0.6) is 5.75 Å². The topological polar surface area (TPSA) is 93.7 Å². The zero-order chi connectivity index (χ0) is 14.5. The van der Waals surface area contributed by atoms with Crippen molar-refractivity contribution in [3.05, 3.63) is 30.3 Å². The van der Waals surface area contributed by atoms with Gasteiger partial charge in [0.1, 0.15) is 5.75 Å². The Balaban J connectivity index is 1.79. The van der Waals surface area contributed by atoms with Gasteiger partial charge in [-0.05, 0) is 12.1 Å². The van der Waals surface area contributed by atoms with E-state index < -0.39 is 30.1 Å². The standard InChI is InChI=1S/C13H14N2O5/c1-8(16)20-13-11(12(18)15-13)14-10(17)7-19-9-5-3-2-4-6-9/h2-6,11,13H,7H2,1H3,(H,14,17)(H,15,18)/t11-,13+/m1/s1. The molecule has 1 aromatic rings. The van der Waals surface area contributed by atoms with Gasteiger partial charge in [-0.25, -0.2) is 0 Å². The van der Waals surface area contributed by atoms with Gasteiger partial charge in [-0.1, -0.05) is 18.2 Å². The molecule has 2 N–H and O–H groups in total. The Kier molecular flexibility index (Phi) is 4.19. The number of amides is 2. The monoisotopic (exact) mass is 278 g/mol. The van der Waals surface area contributed by atoms with Crippen molar-refractivity contribution < 1.29 is 23.9 Å². The molecule has 2 rings (SSSR count). The molecule has 1 aromatic carbocycles. The van der Waals surface area contributed by atoms with Gasteiger partial charge in [-0.3, -0.25) is 14.4 Å². The lowest BCUT2D eigenvalue weighted by molar-refractivity contribution is -0.164. The van der Waals surface area contributed by atoms with E-state index in [1.165, 1.54) is 6.92 Å². The Bertz CT molecular complexity index is 517. The van der Waals surface area contributed by atoms with E-state index in [0.29, 0.717) is 5.75 Å². The normalized spacial score (nSPS) is 20.4. The number of ether oxygens (including phenoxy) is 2. The summed E-state index contributed by atoms with van der Waals surface area (Å²) < 4.78 is 10.0. The Morgan fingerprint density at radius 3 is 2.60 bits per heavy atom. The lowest BCUT2D eigenvalue weighted by Crippen LogP contribution is -2.70. The second-order valence-electron chi connectivity index (χ2n) is 4.19. The second kappa shape index (κ2) is 6.05. The van der Waals surface area contributed by atoms with Gasteiger partial charge in [0.05, 0.1) is 0 Å². The summed E-state index contributed by atoms with van der Waals surface area (Å²) in [6.45, 7) is 1.00. The maximum absolute atomic E-state index is 11.6. The highest BCUT2D eigenvalue weighted by atomic mass is 16.6. The molecule has 1 heterocycles. The summed E-state index contributed by atoms with van der Waals surface area (Å²) in [5.74, 6) is -0.845. The fourth-order valence-electron chi connectivity index (χ4n) is 1.65. The molecule has 0 unspecified atom stereocenters. The van der Waals surface area contributed by atoms with Crippen molar-refractivity contribution in [3.63, 3.8) is 0 Å². The smallest absolute Gasteiger partial charge is 0.304 e. The lowest BCUT2D eigenvalue weighted by atomic mass is 10.1. The molecular weight excluding hydrogens is 264 g/mol. The number of para-hydroxylation sites is 1. The fraction of sp³-hybridized carbons (Fsp3) is 0.308. The minimum atomic E-state index is -0.870. The quantitative estimate of drug-likeness (QED) is 0.563. The maximum atomic E-state index is 11.6. The van der Waals surface area contributed by atoms with Crippen molar-refractivity contribution in [2.45, 2.75) is 19.2 Å². The van der Waals surface area contributed by atoms with Crippen LogP contribution in [0.1, 0.15) is 6.92 Å². The van der Waals surface area contributed by atoms with Crippen molar-refractivity contribution in [3.8, 4) is 5.75 Å². The third-order valence-corrected chi connectivity index (χ3v) is 2.59. The van der Waals surface area contributed by atoms with Crippen molar-refractivity contribution in [1.29, 1.82) is 0 Å². The molecule has 0 spiro atoms. The van der Waals surface area contributed by atoms with E-state index in [9.17, 15) is 14.4 Å². The summed E-state index contributed by atoms with van der Waals surface area (Å²) in [6.07, 6.45) is -0.819. The summed E-state index contributed by atoms with van der Waals surface area (Å²) in [7, 11) is 0. The number of carbonyl (C=O) groups excluding carboxylic acids is 3. The van der Waals surface area contributed by atoms with Crippen LogP contribution in [-0.2, 0) is 19.1 Å². The second-order valence-corrected chi connectivity index (χ2v) is 4.19. The first kappa shape index (κ1) is 13.9. The zero-order valence-electron chi connectivity index (χ0n) is 10.8. The number of benzene rings is 1. The highest BCUT2D eigenvalue weighted by molar-refractivity contribution is 5.93. The number of carbonyl (C=O) groups is 3. The van der Waals surface area contributed by atoms with E-state index in [1.807, 2.05) is 6.07 Å². The van der Waals surface area contributed by atoms with Gasteiger partial charge in [0.25, 0.3) is 11.8 Å². The van der Waals surface area contributed by atoms with Gasteiger partial charge in [-0.2, -0.15) is 0 Å². The van der Waals surface area contributed by atoms with E-state index in [0.717, 1.165) is 0 Å². The first-order valence-electron chi connectivity index (χ1n) is 6.01. The van der Waals surface area contributed by atoms with Crippen LogP contribution in [-0.4, -0.2) is 36.7 Å². The summed E-state index contributed by atoms with van der Waals surface area (Å²) >= 11 is 0. The Morgan fingerprint density at radius 2 is 2.00 bits per heavy atom. The largest absolute Gasteiger partial charge is 0.484 e. The molecule has 0 saturated carbocycles. The predicted molar refractivity (Wildman–Crippen MR) is 67.6 cm³/mol. The molecule has 1 aliphatic rings. The van der Waals surface area contributed by atoms with Crippen LogP contribution < -0.4 is 15.4 Å². The van der Waals surface area contributed by atoms with Gasteiger partial charge in [0, 0.05) is 6.92 Å². The Labute approximate surface area is 115 Å². The number of hydrogen-bond donors (Lipinski definition) is 2. The molecular formula is C13H14N2O5. The average molecular weight is 278 g/mol. The van der Waals surface area contributed by atoms with Gasteiger partial charge >= 0.3 is 5.97 Å². The van der Waals surface area contributed by atoms with Crippen LogP contribution in [0.4, 0.5) is 0 Å². The van der Waals surface area contributed by atoms with E-state index in [1.54, 1.807) is 24.3 Å². The molecule has 106 valence electrons. The average Bonchev–Trinajstić information content (AvgIpc) is 2.43. The van der Waals surface area contributed by atoms with E-state index in [2.05, 4.69) is 10.6 Å². The molecule has 7 nitrogen and oxygen atoms in total. The van der Waals surface area contributed by atoms with Crippen molar-refractivity contribution in [1.82, 2.24) is 10.6 Å². The first-order chi connectivity index (χ1) is 9.56. The van der Waals surface area contributed by atoms with E-state index in [4.69, 9.17) is 9.47 Å². The molecule has 0 radical (unpaired) electrons. The van der Waals surface area contributed by atoms with Crippen LogP contribution >= 0.6 is 0 Å². The molecule has 0 aromatic heterocycles. The van der Waals surface area contributed by atoms with E-state index in [-0.39, 0.29) is 6.61 Å². The fourth-order valence-corrected chi connectivity index (χ4v) is 1.65. The van der Waals surface area contributed by atoms with Crippen molar-refractivity contribution >= 4 is 17.8 Å². The minimum Gasteiger partial charge on any atom is -0.484 e. The molecule has 0 bridgehead atoms. The SMILES string of the molecule is CC(=O)O[C@@H]1NC(=O)[C@H]1NC(=O)COc1ccccc1. The van der Waals surface area contributed by atoms with Crippen LogP contribution in [0.3, 0.4) is 0 Å². The molecule has 20 heavy (non-hydrogen) atoms. The lowest BCUT2D eigenvalue weighted by Gasteiger charge is -2.35. The predicted octanol–water partition coefficient (Wildman–Crippen LogP) is -0.431. The van der Waals surface area contributed by atoms with E-state index >= 15 is 0 Å². The summed E-state index contributed by atoms with van der Waals surface area (Å²) in [5.41, 5.74) is 0. The van der Waals surface area contributed by atoms with Crippen LogP contribution in [0, 0.1) is 0 Å². The number of β-lactam (4-membered cyclic amide) rings is 1. The summed E-state index contributed by atoms with van der Waals surface area (Å²) in [4.78, 5) is 33.7. The van der Waals surface area contributed by atoms with Gasteiger partial charge < -0.3 is 20.1 Å². The first-order valence-corrected chi connectivity index (χ1v) is 6.01. The molecule has 1 aliphatic heterocycles. The highest BCUT2D eigenvalue weighted by Crippen LogP contribution is 2.10. The zero-order valence-corrected chi connectivity index (χ0v) is 10.8. The molecule has 1 fully saturated rings. The number of esters is 1. The minimum absolute atomic E-state index is 0.222. The molecule has 1 saturated heterocycles. The number of rotatable bonds is 5. The van der Waals surface area contributed by atoms with Crippen LogP contribution in [0.2, 0.25) is 0 Å². The van der Waals surface area contributed by atoms with Gasteiger partial charge in [0.15, 0.2) is 12.6 Å². The molecule has 2 amide bonds. The van der Waals surface area contributed by atoms with Crippen molar-refractivity contribution in [2.24, 2.45) is 0 Å². The highest BCUT2D eigenvalue weighted by Gasteiger charge is 2.42. The molecule has 2 atom stereocenters. The number of nitrogens with one attached hydrogen (secondary N) is 2. The van der Waals surface area contributed by atoms with Gasteiger partial charge in [-0.15, -0.1) is 0 Å². The van der Waals surface area contributed by atoms with Crippen molar-refractivity contribution in [2.75, 3.05) is 6.61 Å². The third kappa shape index (κ3) is 3.47. The van der Waals surface area contributed by atoms with Crippen LogP contribution in [0.25, 0.3) is 0 Å². The third-order valence-electron chi connectivity index (χ3n) is 2.59.